The van der Waals surface area contributed by atoms with Gasteiger partial charge in [0.05, 0.1) is 12.3 Å². The molecule has 0 aromatic carbocycles. The molecule has 7 nitrogen and oxygen atoms in total. The van der Waals surface area contributed by atoms with Crippen molar-refractivity contribution in [3.8, 4) is 0 Å². The second kappa shape index (κ2) is 15.9. The molecule has 1 fully saturated rings. The minimum Gasteiger partial charge on any atom is -0.468 e. The molecule has 0 saturated carbocycles. The standard InChI is InChI=1S/C21H38N4O3.HI/c1-4-25(5-2)19(20-8-6-13-28-20)16-24-21(22-3)23-11-7-12-27-17-18-9-14-26-15-10-18;/h6,8,13,18-19H,4-5,7,9-12,14-17H2,1-3H3,(H2,22,23,24);1H. The van der Waals surface area contributed by atoms with Gasteiger partial charge in [0.1, 0.15) is 5.76 Å². The monoisotopic (exact) mass is 522 g/mol. The Hall–Kier alpha value is -0.840. The van der Waals surface area contributed by atoms with Crippen molar-refractivity contribution in [2.45, 2.75) is 39.2 Å². The Kier molecular flexibility index (Phi) is 14.4. The lowest BCUT2D eigenvalue weighted by atomic mass is 10.0. The van der Waals surface area contributed by atoms with E-state index in [0.717, 1.165) is 83.6 Å². The highest BCUT2D eigenvalue weighted by Crippen LogP contribution is 2.20. The SMILES string of the molecule is CCN(CC)C(CNC(=NC)NCCCOCC1CCOCC1)c1ccco1.I. The summed E-state index contributed by atoms with van der Waals surface area (Å²) < 4.78 is 16.9. The molecule has 0 spiro atoms. The largest absolute Gasteiger partial charge is 0.468 e. The van der Waals surface area contributed by atoms with Crippen LogP contribution in [0.2, 0.25) is 0 Å². The molecule has 2 N–H and O–H groups in total. The first kappa shape index (κ1) is 26.2. The van der Waals surface area contributed by atoms with Crippen LogP contribution in [0.25, 0.3) is 0 Å². The van der Waals surface area contributed by atoms with Gasteiger partial charge in [-0.3, -0.25) is 9.89 Å². The molecule has 1 aromatic heterocycles. The van der Waals surface area contributed by atoms with E-state index in [9.17, 15) is 0 Å². The molecular weight excluding hydrogens is 483 g/mol. The van der Waals surface area contributed by atoms with Gasteiger partial charge < -0.3 is 24.5 Å². The smallest absolute Gasteiger partial charge is 0.191 e. The molecule has 1 atom stereocenters. The normalized spacial score (nSPS) is 16.5. The molecule has 1 aliphatic rings. The molecule has 29 heavy (non-hydrogen) atoms. The molecule has 0 bridgehead atoms. The molecule has 2 heterocycles. The van der Waals surface area contributed by atoms with E-state index in [1.807, 2.05) is 12.1 Å². The summed E-state index contributed by atoms with van der Waals surface area (Å²) in [7, 11) is 1.80. The third-order valence-corrected chi connectivity index (χ3v) is 5.26. The van der Waals surface area contributed by atoms with Gasteiger partial charge in [0.2, 0.25) is 0 Å². The van der Waals surface area contributed by atoms with Crippen LogP contribution in [0.4, 0.5) is 0 Å². The Labute approximate surface area is 193 Å². The zero-order valence-electron chi connectivity index (χ0n) is 18.2. The fraction of sp³-hybridized carbons (Fsp3) is 0.762. The lowest BCUT2D eigenvalue weighted by Crippen LogP contribution is -2.43. The van der Waals surface area contributed by atoms with E-state index in [4.69, 9.17) is 13.9 Å². The van der Waals surface area contributed by atoms with E-state index in [-0.39, 0.29) is 30.0 Å². The summed E-state index contributed by atoms with van der Waals surface area (Å²) in [5.74, 6) is 2.45. The molecule has 1 aromatic rings. The second-order valence-corrected chi connectivity index (χ2v) is 7.12. The highest BCUT2D eigenvalue weighted by Gasteiger charge is 2.20. The van der Waals surface area contributed by atoms with Crippen LogP contribution in [-0.2, 0) is 9.47 Å². The van der Waals surface area contributed by atoms with E-state index in [2.05, 4.69) is 34.4 Å². The molecule has 168 valence electrons. The molecule has 0 radical (unpaired) electrons. The number of hydrogen-bond acceptors (Lipinski definition) is 5. The number of ether oxygens (including phenoxy) is 2. The van der Waals surface area contributed by atoms with Crippen molar-refractivity contribution in [3.05, 3.63) is 24.2 Å². The second-order valence-electron chi connectivity index (χ2n) is 7.12. The molecule has 0 amide bonds. The summed E-state index contributed by atoms with van der Waals surface area (Å²) >= 11 is 0. The summed E-state index contributed by atoms with van der Waals surface area (Å²) in [6.45, 7) is 11.3. The van der Waals surface area contributed by atoms with Crippen molar-refractivity contribution in [2.75, 3.05) is 59.7 Å². The van der Waals surface area contributed by atoms with E-state index in [0.29, 0.717) is 5.92 Å². The Morgan fingerprint density at radius 1 is 1.28 bits per heavy atom. The highest BCUT2D eigenvalue weighted by atomic mass is 127. The van der Waals surface area contributed by atoms with E-state index < -0.39 is 0 Å². The van der Waals surface area contributed by atoms with Gasteiger partial charge in [-0.25, -0.2) is 0 Å². The Bertz CT molecular complexity index is 532. The van der Waals surface area contributed by atoms with E-state index in [1.165, 1.54) is 0 Å². The highest BCUT2D eigenvalue weighted by molar-refractivity contribution is 14.0. The predicted molar refractivity (Wildman–Crippen MR) is 128 cm³/mol. The summed E-state index contributed by atoms with van der Waals surface area (Å²) in [4.78, 5) is 6.71. The van der Waals surface area contributed by atoms with Crippen LogP contribution in [0.5, 0.6) is 0 Å². The number of nitrogens with one attached hydrogen (secondary N) is 2. The predicted octanol–water partition coefficient (Wildman–Crippen LogP) is 3.28. The lowest BCUT2D eigenvalue weighted by molar-refractivity contribution is 0.0203. The minimum atomic E-state index is 0. The maximum absolute atomic E-state index is 5.82. The van der Waals surface area contributed by atoms with Crippen molar-refractivity contribution in [3.63, 3.8) is 0 Å². The van der Waals surface area contributed by atoms with Crippen LogP contribution in [0.1, 0.15) is 44.9 Å². The first-order chi connectivity index (χ1) is 13.8. The number of hydrogen-bond donors (Lipinski definition) is 2. The summed E-state index contributed by atoms with van der Waals surface area (Å²) in [5.41, 5.74) is 0. The van der Waals surface area contributed by atoms with E-state index >= 15 is 0 Å². The molecule has 1 unspecified atom stereocenters. The number of furan rings is 1. The third-order valence-electron chi connectivity index (χ3n) is 5.26. The fourth-order valence-corrected chi connectivity index (χ4v) is 3.51. The first-order valence-electron chi connectivity index (χ1n) is 10.7. The van der Waals surface area contributed by atoms with Crippen LogP contribution in [0, 0.1) is 5.92 Å². The molecule has 1 aliphatic heterocycles. The molecule has 0 aliphatic carbocycles. The van der Waals surface area contributed by atoms with Gasteiger partial charge >= 0.3 is 0 Å². The van der Waals surface area contributed by atoms with Crippen LogP contribution >= 0.6 is 24.0 Å². The first-order valence-corrected chi connectivity index (χ1v) is 10.7. The van der Waals surface area contributed by atoms with Crippen molar-refractivity contribution in [1.29, 1.82) is 0 Å². The van der Waals surface area contributed by atoms with Crippen LogP contribution in [0.15, 0.2) is 27.8 Å². The average molecular weight is 522 g/mol. The zero-order chi connectivity index (χ0) is 20.0. The van der Waals surface area contributed by atoms with Crippen molar-refractivity contribution in [2.24, 2.45) is 10.9 Å². The van der Waals surface area contributed by atoms with E-state index in [1.54, 1.807) is 13.3 Å². The number of nitrogens with zero attached hydrogens (tertiary/aromatic N) is 2. The minimum absolute atomic E-state index is 0. The molecule has 2 rings (SSSR count). The van der Waals surface area contributed by atoms with Crippen LogP contribution in [0.3, 0.4) is 0 Å². The van der Waals surface area contributed by atoms with Gasteiger partial charge in [0.25, 0.3) is 0 Å². The average Bonchev–Trinajstić information content (AvgIpc) is 3.27. The zero-order valence-corrected chi connectivity index (χ0v) is 20.5. The maximum atomic E-state index is 5.82. The molecular formula is C21H39IN4O3. The fourth-order valence-electron chi connectivity index (χ4n) is 3.51. The summed E-state index contributed by atoms with van der Waals surface area (Å²) in [6, 6.07) is 4.17. The quantitative estimate of drug-likeness (QED) is 0.190. The Morgan fingerprint density at radius 3 is 2.66 bits per heavy atom. The van der Waals surface area contributed by atoms with Gasteiger partial charge in [-0.15, -0.1) is 24.0 Å². The van der Waals surface area contributed by atoms with Crippen molar-refractivity contribution < 1.29 is 13.9 Å². The Morgan fingerprint density at radius 2 is 2.03 bits per heavy atom. The van der Waals surface area contributed by atoms with Gasteiger partial charge in [0, 0.05) is 46.6 Å². The van der Waals surface area contributed by atoms with Gasteiger partial charge in [-0.05, 0) is 50.4 Å². The number of halogens is 1. The molecule has 8 heteroatoms. The lowest BCUT2D eigenvalue weighted by Gasteiger charge is -2.28. The number of rotatable bonds is 12. The van der Waals surface area contributed by atoms with Crippen molar-refractivity contribution in [1.82, 2.24) is 15.5 Å². The van der Waals surface area contributed by atoms with Gasteiger partial charge in [-0.1, -0.05) is 13.8 Å². The third kappa shape index (κ3) is 9.67. The topological polar surface area (TPSA) is 71.3 Å². The number of aliphatic imine (C=N–C) groups is 1. The summed E-state index contributed by atoms with van der Waals surface area (Å²) in [5, 5.41) is 6.81. The number of likely N-dealkylation sites (N-methyl/N-ethyl adjacent to an activating group) is 1. The maximum Gasteiger partial charge on any atom is 0.191 e. The molecule has 1 saturated heterocycles. The Balaban J connectivity index is 0.00000420. The summed E-state index contributed by atoms with van der Waals surface area (Å²) in [6.07, 6.45) is 4.94. The van der Waals surface area contributed by atoms with Gasteiger partial charge in [0.15, 0.2) is 5.96 Å². The van der Waals surface area contributed by atoms with Crippen LogP contribution < -0.4 is 10.6 Å². The van der Waals surface area contributed by atoms with Gasteiger partial charge in [-0.2, -0.15) is 0 Å². The number of guanidine groups is 1. The van der Waals surface area contributed by atoms with Crippen LogP contribution in [-0.4, -0.2) is 70.5 Å². The van der Waals surface area contributed by atoms with Crippen molar-refractivity contribution >= 4 is 29.9 Å².